The number of aliphatic hydroxyl groups excluding tert-OH is 1. The lowest BCUT2D eigenvalue weighted by atomic mass is 10.1. The molecule has 1 aliphatic heterocycles. The maximum Gasteiger partial charge on any atom is 0.0900 e. The highest BCUT2D eigenvalue weighted by molar-refractivity contribution is 4.74. The summed E-state index contributed by atoms with van der Waals surface area (Å²) in [6, 6.07) is 0. The van der Waals surface area contributed by atoms with Crippen LogP contribution in [0.1, 0.15) is 40.5 Å². The summed E-state index contributed by atoms with van der Waals surface area (Å²) >= 11 is 0. The molecule has 4 nitrogen and oxygen atoms in total. The number of hydrogen-bond acceptors (Lipinski definition) is 4. The van der Waals surface area contributed by atoms with Crippen LogP contribution in [0.25, 0.3) is 0 Å². The largest absolute Gasteiger partial charge is 0.389 e. The minimum absolute atomic E-state index is 0.185. The molecule has 114 valence electrons. The molecule has 0 spiro atoms. The van der Waals surface area contributed by atoms with E-state index in [0.717, 1.165) is 32.5 Å². The number of ether oxygens (including phenoxy) is 2. The van der Waals surface area contributed by atoms with E-state index in [1.165, 1.54) is 0 Å². The van der Waals surface area contributed by atoms with E-state index in [1.807, 2.05) is 13.8 Å². The average molecular weight is 273 g/mol. The maximum atomic E-state index is 9.89. The molecule has 0 aromatic rings. The van der Waals surface area contributed by atoms with Gasteiger partial charge in [-0.1, -0.05) is 13.8 Å². The first-order chi connectivity index (χ1) is 8.97. The standard InChI is InChI=1S/C15H31NO3/c1-12(2)10-19-15-5-7-16(8-6-15)9-14(17)11-18-13(3)4/h12-15,17H,5-11H2,1-4H3. The Labute approximate surface area is 118 Å². The fraction of sp³-hybridized carbons (Fsp3) is 1.00. The van der Waals surface area contributed by atoms with Crippen LogP contribution in [0.4, 0.5) is 0 Å². The summed E-state index contributed by atoms with van der Waals surface area (Å²) in [6.07, 6.45) is 2.36. The van der Waals surface area contributed by atoms with Gasteiger partial charge in [0.1, 0.15) is 0 Å². The lowest BCUT2D eigenvalue weighted by Gasteiger charge is -2.33. The monoisotopic (exact) mass is 273 g/mol. The van der Waals surface area contributed by atoms with E-state index in [2.05, 4.69) is 18.7 Å². The van der Waals surface area contributed by atoms with Crippen LogP contribution in [0.3, 0.4) is 0 Å². The van der Waals surface area contributed by atoms with Gasteiger partial charge in [0.15, 0.2) is 0 Å². The second kappa shape index (κ2) is 8.90. The van der Waals surface area contributed by atoms with Crippen LogP contribution in [0, 0.1) is 5.92 Å². The van der Waals surface area contributed by atoms with Crippen molar-refractivity contribution in [1.29, 1.82) is 0 Å². The van der Waals surface area contributed by atoms with Gasteiger partial charge in [0.05, 0.1) is 24.9 Å². The second-order valence-corrected chi connectivity index (χ2v) is 6.26. The Kier molecular flexibility index (Phi) is 7.91. The zero-order valence-electron chi connectivity index (χ0n) is 13.0. The predicted octanol–water partition coefficient (Wildman–Crippen LogP) is 1.91. The van der Waals surface area contributed by atoms with Crippen molar-refractivity contribution in [1.82, 2.24) is 4.90 Å². The smallest absolute Gasteiger partial charge is 0.0900 e. The van der Waals surface area contributed by atoms with Gasteiger partial charge in [-0.3, -0.25) is 0 Å². The van der Waals surface area contributed by atoms with Crippen molar-refractivity contribution in [2.45, 2.75) is 58.8 Å². The third-order valence-corrected chi connectivity index (χ3v) is 3.29. The van der Waals surface area contributed by atoms with Crippen molar-refractivity contribution >= 4 is 0 Å². The van der Waals surface area contributed by atoms with Gasteiger partial charge in [-0.15, -0.1) is 0 Å². The van der Waals surface area contributed by atoms with Crippen molar-refractivity contribution in [2.24, 2.45) is 5.92 Å². The van der Waals surface area contributed by atoms with Gasteiger partial charge in [0.25, 0.3) is 0 Å². The molecule has 0 amide bonds. The quantitative estimate of drug-likeness (QED) is 0.733. The van der Waals surface area contributed by atoms with E-state index >= 15 is 0 Å². The van der Waals surface area contributed by atoms with Crippen molar-refractivity contribution in [3.63, 3.8) is 0 Å². The molecule has 1 heterocycles. The van der Waals surface area contributed by atoms with E-state index < -0.39 is 0 Å². The molecule has 1 fully saturated rings. The molecular formula is C15H31NO3. The molecular weight excluding hydrogens is 242 g/mol. The summed E-state index contributed by atoms with van der Waals surface area (Å²) in [5.41, 5.74) is 0. The summed E-state index contributed by atoms with van der Waals surface area (Å²) in [7, 11) is 0. The van der Waals surface area contributed by atoms with Crippen molar-refractivity contribution in [3.8, 4) is 0 Å². The van der Waals surface area contributed by atoms with Crippen LogP contribution in [0.2, 0.25) is 0 Å². The van der Waals surface area contributed by atoms with E-state index in [-0.39, 0.29) is 12.2 Å². The van der Waals surface area contributed by atoms with Gasteiger partial charge in [-0.2, -0.15) is 0 Å². The minimum atomic E-state index is -0.379. The number of β-amino-alcohol motifs (C(OH)–C–C–N with tert-alkyl or cyclic N) is 1. The molecule has 0 bridgehead atoms. The maximum absolute atomic E-state index is 9.89. The number of nitrogens with zero attached hydrogens (tertiary/aromatic N) is 1. The summed E-state index contributed by atoms with van der Waals surface area (Å²) in [6.45, 7) is 12.4. The van der Waals surface area contributed by atoms with Crippen molar-refractivity contribution in [2.75, 3.05) is 32.8 Å². The van der Waals surface area contributed by atoms with Gasteiger partial charge in [-0.25, -0.2) is 0 Å². The van der Waals surface area contributed by atoms with E-state index in [9.17, 15) is 5.11 Å². The van der Waals surface area contributed by atoms with Gasteiger partial charge < -0.3 is 19.5 Å². The first-order valence-electron chi connectivity index (χ1n) is 7.61. The first-order valence-corrected chi connectivity index (χ1v) is 7.61. The first kappa shape index (κ1) is 16.9. The zero-order chi connectivity index (χ0) is 14.3. The molecule has 0 aromatic carbocycles. The number of rotatable bonds is 8. The topological polar surface area (TPSA) is 41.9 Å². The Balaban J connectivity index is 2.12. The lowest BCUT2D eigenvalue weighted by Crippen LogP contribution is -2.42. The van der Waals surface area contributed by atoms with E-state index in [0.29, 0.717) is 25.2 Å². The number of aliphatic hydroxyl groups is 1. The van der Waals surface area contributed by atoms with Crippen LogP contribution in [0.15, 0.2) is 0 Å². The summed E-state index contributed by atoms with van der Waals surface area (Å²) in [4.78, 5) is 2.31. The Bertz CT molecular complexity index is 225. The molecule has 1 saturated heterocycles. The molecule has 0 saturated carbocycles. The highest BCUT2D eigenvalue weighted by Crippen LogP contribution is 2.15. The molecule has 4 heteroatoms. The molecule has 0 aliphatic carbocycles. The predicted molar refractivity (Wildman–Crippen MR) is 77.3 cm³/mol. The average Bonchev–Trinajstić information content (AvgIpc) is 2.35. The fourth-order valence-electron chi connectivity index (χ4n) is 2.24. The lowest BCUT2D eigenvalue weighted by molar-refractivity contribution is -0.0319. The highest BCUT2D eigenvalue weighted by atomic mass is 16.5. The number of hydrogen-bond donors (Lipinski definition) is 1. The third-order valence-electron chi connectivity index (χ3n) is 3.29. The van der Waals surface area contributed by atoms with Crippen molar-refractivity contribution in [3.05, 3.63) is 0 Å². The Morgan fingerprint density at radius 2 is 1.74 bits per heavy atom. The zero-order valence-corrected chi connectivity index (χ0v) is 13.0. The van der Waals surface area contributed by atoms with Gasteiger partial charge in [0, 0.05) is 26.2 Å². The number of likely N-dealkylation sites (tertiary alicyclic amines) is 1. The summed E-state index contributed by atoms with van der Waals surface area (Å²) in [5, 5.41) is 9.89. The van der Waals surface area contributed by atoms with Gasteiger partial charge >= 0.3 is 0 Å². The molecule has 1 rings (SSSR count). The van der Waals surface area contributed by atoms with E-state index in [4.69, 9.17) is 9.47 Å². The SMILES string of the molecule is CC(C)COC1CCN(CC(O)COC(C)C)CC1. The van der Waals surface area contributed by atoms with Crippen LogP contribution < -0.4 is 0 Å². The van der Waals surface area contributed by atoms with Gasteiger partial charge in [0.2, 0.25) is 0 Å². The van der Waals surface area contributed by atoms with Crippen LogP contribution in [0.5, 0.6) is 0 Å². The third kappa shape index (κ3) is 7.88. The highest BCUT2D eigenvalue weighted by Gasteiger charge is 2.21. The summed E-state index contributed by atoms with van der Waals surface area (Å²) < 4.78 is 11.3. The number of piperidine rings is 1. The Hall–Kier alpha value is -0.160. The molecule has 0 aromatic heterocycles. The normalized spacial score (nSPS) is 20.4. The molecule has 0 radical (unpaired) electrons. The van der Waals surface area contributed by atoms with Crippen LogP contribution >= 0.6 is 0 Å². The molecule has 1 atom stereocenters. The minimum Gasteiger partial charge on any atom is -0.389 e. The van der Waals surface area contributed by atoms with Crippen molar-refractivity contribution < 1.29 is 14.6 Å². The molecule has 1 aliphatic rings. The Morgan fingerprint density at radius 1 is 1.11 bits per heavy atom. The van der Waals surface area contributed by atoms with Gasteiger partial charge in [-0.05, 0) is 32.6 Å². The van der Waals surface area contributed by atoms with Crippen LogP contribution in [-0.2, 0) is 9.47 Å². The molecule has 1 N–H and O–H groups in total. The summed E-state index contributed by atoms with van der Waals surface area (Å²) in [5.74, 6) is 0.605. The Morgan fingerprint density at radius 3 is 2.26 bits per heavy atom. The van der Waals surface area contributed by atoms with E-state index in [1.54, 1.807) is 0 Å². The fourth-order valence-corrected chi connectivity index (χ4v) is 2.24. The van der Waals surface area contributed by atoms with Crippen LogP contribution in [-0.4, -0.2) is 61.2 Å². The molecule has 1 unspecified atom stereocenters. The molecule has 19 heavy (non-hydrogen) atoms. The second-order valence-electron chi connectivity index (χ2n) is 6.26.